The second-order valence-electron chi connectivity index (χ2n) is 4.40. The molecule has 0 aliphatic rings. The van der Waals surface area contributed by atoms with Crippen molar-refractivity contribution in [1.82, 2.24) is 5.32 Å². The molecule has 0 saturated heterocycles. The van der Waals surface area contributed by atoms with Crippen LogP contribution < -0.4 is 5.32 Å². The molecule has 0 fully saturated rings. The minimum atomic E-state index is -0.496. The van der Waals surface area contributed by atoms with Crippen LogP contribution in [0.3, 0.4) is 0 Å². The number of esters is 1. The van der Waals surface area contributed by atoms with E-state index in [1.54, 1.807) is 27.7 Å². The van der Waals surface area contributed by atoms with Crippen LogP contribution in [0, 0.1) is 5.41 Å². The van der Waals surface area contributed by atoms with E-state index in [4.69, 9.17) is 4.74 Å². The molecule has 0 aliphatic carbocycles. The molecule has 1 N–H and O–H groups in total. The van der Waals surface area contributed by atoms with Crippen LogP contribution in [0.1, 0.15) is 34.6 Å². The van der Waals surface area contributed by atoms with Crippen molar-refractivity contribution < 1.29 is 14.3 Å². The molecule has 0 rings (SSSR count). The van der Waals surface area contributed by atoms with E-state index in [-0.39, 0.29) is 18.0 Å². The molecule has 0 aromatic heterocycles. The van der Waals surface area contributed by atoms with Gasteiger partial charge in [0.1, 0.15) is 6.10 Å². The van der Waals surface area contributed by atoms with Gasteiger partial charge in [-0.3, -0.25) is 9.59 Å². The van der Waals surface area contributed by atoms with Gasteiger partial charge in [-0.05, 0) is 27.7 Å². The lowest BCUT2D eigenvalue weighted by Crippen LogP contribution is -2.34. The fourth-order valence-corrected chi connectivity index (χ4v) is 0.689. The summed E-state index contributed by atoms with van der Waals surface area (Å²) in [4.78, 5) is 22.0. The highest BCUT2D eigenvalue weighted by molar-refractivity contribution is 5.75. The third-order valence-electron chi connectivity index (χ3n) is 1.56. The summed E-state index contributed by atoms with van der Waals surface area (Å²) in [5.41, 5.74) is -0.496. The first-order valence-corrected chi connectivity index (χ1v) is 4.69. The lowest BCUT2D eigenvalue weighted by Gasteiger charge is -2.20. The monoisotopic (exact) mass is 201 g/mol. The Kier molecular flexibility index (Phi) is 4.60. The summed E-state index contributed by atoms with van der Waals surface area (Å²) in [7, 11) is 0. The lowest BCUT2D eigenvalue weighted by atomic mass is 9.97. The molecule has 0 heterocycles. The smallest absolute Gasteiger partial charge is 0.311 e. The zero-order valence-corrected chi connectivity index (χ0v) is 9.51. The van der Waals surface area contributed by atoms with Crippen LogP contribution in [0.5, 0.6) is 0 Å². The van der Waals surface area contributed by atoms with Crippen molar-refractivity contribution in [2.75, 3.05) is 6.54 Å². The summed E-state index contributed by atoms with van der Waals surface area (Å²) in [5.74, 6) is -0.376. The maximum absolute atomic E-state index is 11.4. The van der Waals surface area contributed by atoms with E-state index in [1.165, 1.54) is 6.92 Å². The number of hydrogen-bond acceptors (Lipinski definition) is 3. The molecule has 0 aromatic carbocycles. The number of ether oxygens (including phenoxy) is 1. The molecule has 0 bridgehead atoms. The van der Waals surface area contributed by atoms with Crippen LogP contribution in [-0.2, 0) is 14.3 Å². The second-order valence-corrected chi connectivity index (χ2v) is 4.40. The molecule has 4 heteroatoms. The Morgan fingerprint density at radius 1 is 1.36 bits per heavy atom. The van der Waals surface area contributed by atoms with Gasteiger partial charge in [-0.15, -0.1) is 0 Å². The molecule has 82 valence electrons. The largest absolute Gasteiger partial charge is 0.460 e. The minimum Gasteiger partial charge on any atom is -0.460 e. The van der Waals surface area contributed by atoms with Crippen LogP contribution >= 0.6 is 0 Å². The summed E-state index contributed by atoms with van der Waals surface area (Å²) in [6, 6.07) is 0. The van der Waals surface area contributed by atoms with Gasteiger partial charge in [-0.25, -0.2) is 0 Å². The predicted molar refractivity (Wildman–Crippen MR) is 53.7 cm³/mol. The summed E-state index contributed by atoms with van der Waals surface area (Å²) < 4.78 is 5.11. The highest BCUT2D eigenvalue weighted by Crippen LogP contribution is 2.15. The summed E-state index contributed by atoms with van der Waals surface area (Å²) in [5, 5.41) is 2.59. The Balaban J connectivity index is 3.89. The molecule has 0 spiro atoms. The molecule has 0 radical (unpaired) electrons. The van der Waals surface area contributed by atoms with E-state index >= 15 is 0 Å². The summed E-state index contributed by atoms with van der Waals surface area (Å²) in [6.45, 7) is 8.91. The van der Waals surface area contributed by atoms with E-state index in [1.807, 2.05) is 0 Å². The van der Waals surface area contributed by atoms with Gasteiger partial charge in [0.25, 0.3) is 0 Å². The Bertz CT molecular complexity index is 218. The molecule has 0 aliphatic heterocycles. The second kappa shape index (κ2) is 4.98. The first-order chi connectivity index (χ1) is 6.23. The average molecular weight is 201 g/mol. The van der Waals surface area contributed by atoms with Crippen LogP contribution in [-0.4, -0.2) is 24.5 Å². The number of rotatable bonds is 3. The Morgan fingerprint density at radius 2 is 1.86 bits per heavy atom. The summed E-state index contributed by atoms with van der Waals surface area (Å²) >= 11 is 0. The predicted octanol–water partition coefficient (Wildman–Crippen LogP) is 1.10. The van der Waals surface area contributed by atoms with E-state index in [9.17, 15) is 9.59 Å². The van der Waals surface area contributed by atoms with Crippen molar-refractivity contribution in [3.63, 3.8) is 0 Å². The van der Waals surface area contributed by atoms with Gasteiger partial charge in [-0.1, -0.05) is 0 Å². The highest BCUT2D eigenvalue weighted by atomic mass is 16.5. The van der Waals surface area contributed by atoms with Crippen molar-refractivity contribution in [2.24, 2.45) is 5.41 Å². The molecule has 4 nitrogen and oxygen atoms in total. The van der Waals surface area contributed by atoms with Crippen molar-refractivity contribution in [1.29, 1.82) is 0 Å². The van der Waals surface area contributed by atoms with Crippen molar-refractivity contribution in [3.8, 4) is 0 Å². The SMILES string of the molecule is CC(=O)NCC(C)OC(=O)C(C)(C)C. The normalized spacial score (nSPS) is 13.2. The van der Waals surface area contributed by atoms with Crippen LogP contribution in [0.25, 0.3) is 0 Å². The number of amides is 1. The van der Waals surface area contributed by atoms with Gasteiger partial charge < -0.3 is 10.1 Å². The van der Waals surface area contributed by atoms with Crippen molar-refractivity contribution in [3.05, 3.63) is 0 Å². The quantitative estimate of drug-likeness (QED) is 0.696. The lowest BCUT2D eigenvalue weighted by molar-refractivity contribution is -0.157. The van der Waals surface area contributed by atoms with Gasteiger partial charge in [0, 0.05) is 6.92 Å². The third-order valence-corrected chi connectivity index (χ3v) is 1.56. The summed E-state index contributed by atoms with van der Waals surface area (Å²) in [6.07, 6.45) is -0.286. The van der Waals surface area contributed by atoms with Crippen LogP contribution in [0.2, 0.25) is 0 Å². The van der Waals surface area contributed by atoms with E-state index in [0.29, 0.717) is 6.54 Å². The van der Waals surface area contributed by atoms with Gasteiger partial charge in [0.05, 0.1) is 12.0 Å². The number of carbonyl (C=O) groups excluding carboxylic acids is 2. The fraction of sp³-hybridized carbons (Fsp3) is 0.800. The van der Waals surface area contributed by atoms with Crippen molar-refractivity contribution in [2.45, 2.75) is 40.7 Å². The maximum atomic E-state index is 11.4. The minimum absolute atomic E-state index is 0.122. The van der Waals surface area contributed by atoms with Gasteiger partial charge in [-0.2, -0.15) is 0 Å². The third kappa shape index (κ3) is 5.56. The zero-order valence-electron chi connectivity index (χ0n) is 9.51. The van der Waals surface area contributed by atoms with Gasteiger partial charge in [0.2, 0.25) is 5.91 Å². The standard InChI is InChI=1S/C10H19NO3/c1-7(6-11-8(2)12)14-9(13)10(3,4)5/h7H,6H2,1-5H3,(H,11,12). The molecule has 14 heavy (non-hydrogen) atoms. The molecule has 1 unspecified atom stereocenters. The first kappa shape index (κ1) is 12.9. The first-order valence-electron chi connectivity index (χ1n) is 4.69. The van der Waals surface area contributed by atoms with E-state index in [0.717, 1.165) is 0 Å². The Morgan fingerprint density at radius 3 is 2.21 bits per heavy atom. The topological polar surface area (TPSA) is 55.4 Å². The van der Waals surface area contributed by atoms with Gasteiger partial charge >= 0.3 is 5.97 Å². The van der Waals surface area contributed by atoms with E-state index in [2.05, 4.69) is 5.32 Å². The zero-order chi connectivity index (χ0) is 11.4. The van der Waals surface area contributed by atoms with Crippen molar-refractivity contribution >= 4 is 11.9 Å². The molecular weight excluding hydrogens is 182 g/mol. The highest BCUT2D eigenvalue weighted by Gasteiger charge is 2.24. The fourth-order valence-electron chi connectivity index (χ4n) is 0.689. The number of carbonyl (C=O) groups is 2. The van der Waals surface area contributed by atoms with Crippen LogP contribution in [0.15, 0.2) is 0 Å². The molecule has 1 atom stereocenters. The number of nitrogens with one attached hydrogen (secondary N) is 1. The Hall–Kier alpha value is -1.06. The maximum Gasteiger partial charge on any atom is 0.311 e. The molecule has 1 amide bonds. The van der Waals surface area contributed by atoms with Crippen LogP contribution in [0.4, 0.5) is 0 Å². The molecule has 0 saturated carbocycles. The molecular formula is C10H19NO3. The Labute approximate surface area is 85.0 Å². The average Bonchev–Trinajstić information content (AvgIpc) is 1.99. The number of hydrogen-bond donors (Lipinski definition) is 1. The van der Waals surface area contributed by atoms with Gasteiger partial charge in [0.15, 0.2) is 0 Å². The van der Waals surface area contributed by atoms with E-state index < -0.39 is 5.41 Å². The molecule has 0 aromatic rings.